The number of rotatable bonds is 3. The van der Waals surface area contributed by atoms with Crippen molar-refractivity contribution < 1.29 is 19.1 Å². The van der Waals surface area contributed by atoms with Crippen molar-refractivity contribution in [2.45, 2.75) is 13.0 Å². The van der Waals surface area contributed by atoms with Gasteiger partial charge in [0.05, 0.1) is 13.7 Å². The number of ether oxygens (including phenoxy) is 1. The van der Waals surface area contributed by atoms with E-state index < -0.39 is 6.04 Å². The average Bonchev–Trinajstić information content (AvgIpc) is 3.10. The molecule has 1 saturated heterocycles. The smallest absolute Gasteiger partial charge is 0.270 e. The number of nitrogens with zero attached hydrogens (tertiary/aromatic N) is 2. The third kappa shape index (κ3) is 3.10. The molecule has 1 atom stereocenters. The van der Waals surface area contributed by atoms with Crippen LogP contribution in [0.3, 0.4) is 0 Å². The number of aromatic amines is 1. The van der Waals surface area contributed by atoms with Crippen molar-refractivity contribution in [3.8, 4) is 5.75 Å². The standard InChI is InChI=1S/C18H22N4O4/c1-11(23)22-8-7-21(10-15(22)17(24)19-2)18(25)14-9-12-13(20-14)5-4-6-16(12)26-3/h4-6,9,15,20H,7-8,10H2,1-3H3,(H,19,24). The Kier molecular flexibility index (Phi) is 4.83. The summed E-state index contributed by atoms with van der Waals surface area (Å²) in [5.74, 6) is 0.0138. The minimum atomic E-state index is -0.686. The predicted molar refractivity (Wildman–Crippen MR) is 96.0 cm³/mol. The van der Waals surface area contributed by atoms with E-state index in [4.69, 9.17) is 4.74 Å². The fourth-order valence-electron chi connectivity index (χ4n) is 3.33. The Hall–Kier alpha value is -3.03. The molecule has 2 N–H and O–H groups in total. The molecule has 3 rings (SSSR count). The number of nitrogens with one attached hydrogen (secondary N) is 2. The number of likely N-dealkylation sites (N-methyl/N-ethyl adjacent to an activating group) is 1. The van der Waals surface area contributed by atoms with Crippen molar-refractivity contribution in [1.29, 1.82) is 0 Å². The van der Waals surface area contributed by atoms with Gasteiger partial charge in [-0.3, -0.25) is 14.4 Å². The summed E-state index contributed by atoms with van der Waals surface area (Å²) in [6.45, 7) is 2.28. The van der Waals surface area contributed by atoms with Gasteiger partial charge in [-0.25, -0.2) is 0 Å². The molecule has 1 fully saturated rings. The molecule has 138 valence electrons. The van der Waals surface area contributed by atoms with Crippen LogP contribution in [0.1, 0.15) is 17.4 Å². The number of fused-ring (bicyclic) bond motifs is 1. The van der Waals surface area contributed by atoms with Crippen molar-refractivity contribution in [1.82, 2.24) is 20.1 Å². The lowest BCUT2D eigenvalue weighted by atomic mass is 10.1. The van der Waals surface area contributed by atoms with Gasteiger partial charge < -0.3 is 24.8 Å². The second-order valence-corrected chi connectivity index (χ2v) is 6.20. The number of aromatic nitrogens is 1. The molecule has 1 aliphatic heterocycles. The summed E-state index contributed by atoms with van der Waals surface area (Å²) in [5.41, 5.74) is 1.23. The molecular weight excluding hydrogens is 336 g/mol. The van der Waals surface area contributed by atoms with Crippen LogP contribution in [0.5, 0.6) is 5.75 Å². The maximum absolute atomic E-state index is 12.9. The molecule has 3 amide bonds. The van der Waals surface area contributed by atoms with Gasteiger partial charge in [-0.2, -0.15) is 0 Å². The summed E-state index contributed by atoms with van der Waals surface area (Å²) in [5, 5.41) is 3.38. The summed E-state index contributed by atoms with van der Waals surface area (Å²) in [4.78, 5) is 43.0. The predicted octanol–water partition coefficient (Wildman–Crippen LogP) is 0.595. The zero-order valence-corrected chi connectivity index (χ0v) is 15.0. The fourth-order valence-corrected chi connectivity index (χ4v) is 3.33. The van der Waals surface area contributed by atoms with Crippen LogP contribution in [0.4, 0.5) is 0 Å². The number of hydrogen-bond donors (Lipinski definition) is 2. The van der Waals surface area contributed by atoms with Gasteiger partial charge >= 0.3 is 0 Å². The largest absolute Gasteiger partial charge is 0.496 e. The van der Waals surface area contributed by atoms with Crippen molar-refractivity contribution in [2.75, 3.05) is 33.8 Å². The van der Waals surface area contributed by atoms with E-state index in [1.165, 1.54) is 18.9 Å². The van der Waals surface area contributed by atoms with E-state index in [0.717, 1.165) is 10.9 Å². The molecule has 0 bridgehead atoms. The zero-order chi connectivity index (χ0) is 18.8. The number of piperazine rings is 1. The molecule has 8 nitrogen and oxygen atoms in total. The molecule has 0 radical (unpaired) electrons. The van der Waals surface area contributed by atoms with Crippen molar-refractivity contribution in [2.24, 2.45) is 0 Å². The molecule has 26 heavy (non-hydrogen) atoms. The van der Waals surface area contributed by atoms with Crippen LogP contribution in [0, 0.1) is 0 Å². The quantitative estimate of drug-likeness (QED) is 0.840. The molecule has 0 aliphatic carbocycles. The Morgan fingerprint density at radius 3 is 2.69 bits per heavy atom. The first-order chi connectivity index (χ1) is 12.5. The van der Waals surface area contributed by atoms with Gasteiger partial charge in [0.1, 0.15) is 17.5 Å². The molecule has 1 aliphatic rings. The van der Waals surface area contributed by atoms with Gasteiger partial charge in [0.2, 0.25) is 11.8 Å². The van der Waals surface area contributed by atoms with E-state index in [1.54, 1.807) is 18.1 Å². The molecule has 8 heteroatoms. The number of benzene rings is 1. The van der Waals surface area contributed by atoms with E-state index in [9.17, 15) is 14.4 Å². The monoisotopic (exact) mass is 358 g/mol. The van der Waals surface area contributed by atoms with E-state index in [2.05, 4.69) is 10.3 Å². The Morgan fingerprint density at radius 1 is 1.27 bits per heavy atom. The summed E-state index contributed by atoms with van der Waals surface area (Å²) in [6.07, 6.45) is 0. The first-order valence-corrected chi connectivity index (χ1v) is 8.40. The summed E-state index contributed by atoms with van der Waals surface area (Å²) >= 11 is 0. The maximum Gasteiger partial charge on any atom is 0.270 e. The van der Waals surface area contributed by atoms with Crippen LogP contribution in [0.15, 0.2) is 24.3 Å². The second-order valence-electron chi connectivity index (χ2n) is 6.20. The molecule has 1 unspecified atom stereocenters. The first kappa shape index (κ1) is 17.8. The van der Waals surface area contributed by atoms with Crippen molar-refractivity contribution in [3.05, 3.63) is 30.0 Å². The van der Waals surface area contributed by atoms with Gasteiger partial charge in [-0.15, -0.1) is 0 Å². The molecular formula is C18H22N4O4. The topological polar surface area (TPSA) is 94.7 Å². The Labute approximate surface area is 151 Å². The van der Waals surface area contributed by atoms with Gasteiger partial charge in [0.15, 0.2) is 0 Å². The number of carbonyl (C=O) groups is 3. The lowest BCUT2D eigenvalue weighted by Gasteiger charge is -2.39. The van der Waals surface area contributed by atoms with Crippen LogP contribution in [-0.4, -0.2) is 72.3 Å². The minimum Gasteiger partial charge on any atom is -0.496 e. The lowest BCUT2D eigenvalue weighted by Crippen LogP contribution is -2.60. The molecule has 2 aromatic rings. The van der Waals surface area contributed by atoms with Gasteiger partial charge in [-0.05, 0) is 18.2 Å². The number of hydrogen-bond acceptors (Lipinski definition) is 4. The highest BCUT2D eigenvalue weighted by Crippen LogP contribution is 2.26. The van der Waals surface area contributed by atoms with Gasteiger partial charge in [0, 0.05) is 38.0 Å². The normalized spacial score (nSPS) is 17.3. The molecule has 0 saturated carbocycles. The van der Waals surface area contributed by atoms with Crippen molar-refractivity contribution in [3.63, 3.8) is 0 Å². The Balaban J connectivity index is 1.86. The average molecular weight is 358 g/mol. The van der Waals surface area contributed by atoms with Crippen LogP contribution in [0.2, 0.25) is 0 Å². The summed E-state index contributed by atoms with van der Waals surface area (Å²) < 4.78 is 5.33. The van der Waals surface area contributed by atoms with Gasteiger partial charge in [0.25, 0.3) is 5.91 Å². The maximum atomic E-state index is 12.9. The van der Waals surface area contributed by atoms with Crippen LogP contribution in [0.25, 0.3) is 10.9 Å². The van der Waals surface area contributed by atoms with Crippen LogP contribution < -0.4 is 10.1 Å². The first-order valence-electron chi connectivity index (χ1n) is 8.40. The minimum absolute atomic E-state index is 0.157. The van der Waals surface area contributed by atoms with E-state index >= 15 is 0 Å². The number of amides is 3. The van der Waals surface area contributed by atoms with E-state index in [1.807, 2.05) is 18.2 Å². The molecule has 2 heterocycles. The Bertz CT molecular complexity index is 860. The zero-order valence-electron chi connectivity index (χ0n) is 15.0. The summed E-state index contributed by atoms with van der Waals surface area (Å²) in [6, 6.07) is 6.61. The highest BCUT2D eigenvalue weighted by molar-refractivity contribution is 6.00. The van der Waals surface area contributed by atoms with Crippen LogP contribution in [-0.2, 0) is 9.59 Å². The van der Waals surface area contributed by atoms with Crippen molar-refractivity contribution >= 4 is 28.6 Å². The Morgan fingerprint density at radius 2 is 2.04 bits per heavy atom. The molecule has 0 spiro atoms. The third-order valence-corrected chi connectivity index (χ3v) is 4.70. The highest BCUT2D eigenvalue weighted by atomic mass is 16.5. The number of H-pyrrole nitrogens is 1. The number of methoxy groups -OCH3 is 1. The SMILES string of the molecule is CNC(=O)C1CN(C(=O)c2cc3c(OC)cccc3[nH]2)CCN1C(C)=O. The van der Waals surface area contributed by atoms with Gasteiger partial charge in [-0.1, -0.05) is 6.07 Å². The number of carbonyl (C=O) groups excluding carboxylic acids is 3. The molecule has 1 aromatic carbocycles. The van der Waals surface area contributed by atoms with Crippen LogP contribution >= 0.6 is 0 Å². The second kappa shape index (κ2) is 7.07. The van der Waals surface area contributed by atoms with E-state index in [-0.39, 0.29) is 24.3 Å². The lowest BCUT2D eigenvalue weighted by molar-refractivity contribution is -0.141. The fraction of sp³-hybridized carbons (Fsp3) is 0.389. The summed E-state index contributed by atoms with van der Waals surface area (Å²) in [7, 11) is 3.10. The van der Waals surface area contributed by atoms with E-state index in [0.29, 0.717) is 24.5 Å². The third-order valence-electron chi connectivity index (χ3n) is 4.70. The highest BCUT2D eigenvalue weighted by Gasteiger charge is 2.35. The molecule has 1 aromatic heterocycles.